The Labute approximate surface area is 171 Å². The van der Waals surface area contributed by atoms with Crippen LogP contribution < -0.4 is 0 Å². The van der Waals surface area contributed by atoms with Crippen LogP contribution in [-0.4, -0.2) is 15.9 Å². The standard InChI is InChI=1S/C22H14Cl2N2O2/c23-17-7-5-8-18(24)16(17)13-28-22(27)15-12-21(20-10-3-4-11-25-20)26-19-9-2-1-6-14(15)19/h1-12H,13H2. The molecule has 0 spiro atoms. The van der Waals surface area contributed by atoms with Gasteiger partial charge in [-0.25, -0.2) is 9.78 Å². The van der Waals surface area contributed by atoms with E-state index in [-0.39, 0.29) is 6.61 Å². The molecule has 4 nitrogen and oxygen atoms in total. The first-order chi connectivity index (χ1) is 13.6. The minimum Gasteiger partial charge on any atom is -0.457 e. The number of nitrogens with zero attached hydrogens (tertiary/aromatic N) is 2. The Morgan fingerprint density at radius 1 is 0.893 bits per heavy atom. The molecule has 0 fully saturated rings. The van der Waals surface area contributed by atoms with Crippen LogP contribution in [0.1, 0.15) is 15.9 Å². The fourth-order valence-corrected chi connectivity index (χ4v) is 3.38. The van der Waals surface area contributed by atoms with E-state index in [2.05, 4.69) is 9.97 Å². The Bertz CT molecular complexity index is 1140. The lowest BCUT2D eigenvalue weighted by atomic mass is 10.1. The van der Waals surface area contributed by atoms with E-state index >= 15 is 0 Å². The molecule has 2 aromatic carbocycles. The van der Waals surface area contributed by atoms with E-state index in [4.69, 9.17) is 27.9 Å². The highest BCUT2D eigenvalue weighted by atomic mass is 35.5. The molecule has 0 saturated heterocycles. The van der Waals surface area contributed by atoms with Gasteiger partial charge in [-0.3, -0.25) is 4.98 Å². The number of esters is 1. The summed E-state index contributed by atoms with van der Waals surface area (Å²) in [5.74, 6) is -0.480. The van der Waals surface area contributed by atoms with Gasteiger partial charge in [0, 0.05) is 27.2 Å². The zero-order valence-electron chi connectivity index (χ0n) is 14.6. The highest BCUT2D eigenvalue weighted by molar-refractivity contribution is 6.36. The zero-order valence-corrected chi connectivity index (χ0v) is 16.1. The van der Waals surface area contributed by atoms with Gasteiger partial charge < -0.3 is 4.74 Å². The second-order valence-electron chi connectivity index (χ2n) is 6.06. The Morgan fingerprint density at radius 2 is 1.64 bits per heavy atom. The molecule has 0 bridgehead atoms. The summed E-state index contributed by atoms with van der Waals surface area (Å²) in [6.07, 6.45) is 1.68. The van der Waals surface area contributed by atoms with E-state index in [0.29, 0.717) is 43.5 Å². The van der Waals surface area contributed by atoms with Crippen molar-refractivity contribution < 1.29 is 9.53 Å². The number of rotatable bonds is 4. The number of ether oxygens (including phenoxy) is 1. The summed E-state index contributed by atoms with van der Waals surface area (Å²) in [6, 6.07) is 19.8. The van der Waals surface area contributed by atoms with Crippen LogP contribution in [0.4, 0.5) is 0 Å². The van der Waals surface area contributed by atoms with Gasteiger partial charge in [0.25, 0.3) is 0 Å². The van der Waals surface area contributed by atoms with Crippen molar-refractivity contribution in [1.82, 2.24) is 9.97 Å². The smallest absolute Gasteiger partial charge is 0.339 e. The van der Waals surface area contributed by atoms with Crippen LogP contribution in [0.15, 0.2) is 72.9 Å². The van der Waals surface area contributed by atoms with Gasteiger partial charge in [0.1, 0.15) is 6.61 Å². The highest BCUT2D eigenvalue weighted by Crippen LogP contribution is 2.27. The van der Waals surface area contributed by atoms with Gasteiger partial charge in [0.05, 0.1) is 22.5 Å². The third-order valence-corrected chi connectivity index (χ3v) is 4.98. The van der Waals surface area contributed by atoms with Crippen LogP contribution in [0, 0.1) is 0 Å². The number of pyridine rings is 2. The minimum atomic E-state index is -0.480. The quantitative estimate of drug-likeness (QED) is 0.390. The first kappa shape index (κ1) is 18.4. The molecule has 28 heavy (non-hydrogen) atoms. The summed E-state index contributed by atoms with van der Waals surface area (Å²) in [5.41, 5.74) is 2.95. The third-order valence-electron chi connectivity index (χ3n) is 4.27. The number of hydrogen-bond acceptors (Lipinski definition) is 4. The lowest BCUT2D eigenvalue weighted by Crippen LogP contribution is -2.08. The molecule has 138 valence electrons. The average molecular weight is 409 g/mol. The molecule has 0 amide bonds. The zero-order chi connectivity index (χ0) is 19.5. The van der Waals surface area contributed by atoms with Gasteiger partial charge in [-0.2, -0.15) is 0 Å². The number of benzene rings is 2. The molecular formula is C22H14Cl2N2O2. The van der Waals surface area contributed by atoms with Crippen molar-refractivity contribution in [3.8, 4) is 11.4 Å². The molecule has 0 atom stereocenters. The summed E-state index contributed by atoms with van der Waals surface area (Å²) in [5, 5.41) is 1.61. The molecule has 6 heteroatoms. The van der Waals surface area contributed by atoms with E-state index in [9.17, 15) is 4.79 Å². The number of para-hydroxylation sites is 1. The highest BCUT2D eigenvalue weighted by Gasteiger charge is 2.17. The summed E-state index contributed by atoms with van der Waals surface area (Å²) in [4.78, 5) is 21.8. The topological polar surface area (TPSA) is 52.1 Å². The van der Waals surface area contributed by atoms with Gasteiger partial charge in [-0.05, 0) is 36.4 Å². The monoisotopic (exact) mass is 408 g/mol. The van der Waals surface area contributed by atoms with Crippen molar-refractivity contribution in [3.63, 3.8) is 0 Å². The molecule has 4 aromatic rings. The first-order valence-electron chi connectivity index (χ1n) is 8.54. The molecule has 4 rings (SSSR count). The number of carbonyl (C=O) groups is 1. The maximum absolute atomic E-state index is 12.9. The average Bonchev–Trinajstić information content (AvgIpc) is 2.73. The normalized spacial score (nSPS) is 10.8. The summed E-state index contributed by atoms with van der Waals surface area (Å²) >= 11 is 12.3. The molecule has 2 aromatic heterocycles. The number of aromatic nitrogens is 2. The lowest BCUT2D eigenvalue weighted by molar-refractivity contribution is 0.0475. The van der Waals surface area contributed by atoms with Gasteiger partial charge in [-0.1, -0.05) is 53.5 Å². The molecule has 0 saturated carbocycles. The number of carbonyl (C=O) groups excluding carboxylic acids is 1. The summed E-state index contributed by atoms with van der Waals surface area (Å²) < 4.78 is 5.52. The Balaban J connectivity index is 1.71. The predicted molar refractivity (Wildman–Crippen MR) is 111 cm³/mol. The SMILES string of the molecule is O=C(OCc1c(Cl)cccc1Cl)c1cc(-c2ccccn2)nc2ccccc12. The maximum atomic E-state index is 12.9. The van der Waals surface area contributed by atoms with Crippen molar-refractivity contribution in [2.75, 3.05) is 0 Å². The van der Waals surface area contributed by atoms with Crippen molar-refractivity contribution in [1.29, 1.82) is 0 Å². The van der Waals surface area contributed by atoms with Gasteiger partial charge >= 0.3 is 5.97 Å². The van der Waals surface area contributed by atoms with Crippen LogP contribution in [0.2, 0.25) is 10.0 Å². The predicted octanol–water partition coefficient (Wildman–Crippen LogP) is 5.96. The number of hydrogen-bond donors (Lipinski definition) is 0. The third kappa shape index (κ3) is 3.70. The minimum absolute atomic E-state index is 0.0209. The second-order valence-corrected chi connectivity index (χ2v) is 6.88. The molecule has 0 radical (unpaired) electrons. The van der Waals surface area contributed by atoms with Crippen LogP contribution in [-0.2, 0) is 11.3 Å². The van der Waals surface area contributed by atoms with E-state index in [1.807, 2.05) is 42.5 Å². The van der Waals surface area contributed by atoms with Gasteiger partial charge in [0.15, 0.2) is 0 Å². The largest absolute Gasteiger partial charge is 0.457 e. The Hall–Kier alpha value is -2.95. The fraction of sp³-hybridized carbons (Fsp3) is 0.0455. The van der Waals surface area contributed by atoms with Gasteiger partial charge in [-0.15, -0.1) is 0 Å². The fourth-order valence-electron chi connectivity index (χ4n) is 2.88. The van der Waals surface area contributed by atoms with Crippen LogP contribution in [0.5, 0.6) is 0 Å². The van der Waals surface area contributed by atoms with Crippen LogP contribution >= 0.6 is 23.2 Å². The van der Waals surface area contributed by atoms with E-state index in [1.165, 1.54) is 0 Å². The van der Waals surface area contributed by atoms with Crippen molar-refractivity contribution in [2.45, 2.75) is 6.61 Å². The molecule has 0 N–H and O–H groups in total. The van der Waals surface area contributed by atoms with Crippen molar-refractivity contribution >= 4 is 40.1 Å². The van der Waals surface area contributed by atoms with Crippen LogP contribution in [0.25, 0.3) is 22.3 Å². The molecule has 0 aliphatic heterocycles. The van der Waals surface area contributed by atoms with E-state index in [0.717, 1.165) is 0 Å². The first-order valence-corrected chi connectivity index (χ1v) is 9.30. The Morgan fingerprint density at radius 3 is 2.39 bits per heavy atom. The lowest BCUT2D eigenvalue weighted by Gasteiger charge is -2.11. The van der Waals surface area contributed by atoms with Crippen molar-refractivity contribution in [2.24, 2.45) is 0 Å². The number of halogens is 2. The van der Waals surface area contributed by atoms with Crippen molar-refractivity contribution in [3.05, 3.63) is 94.1 Å². The molecule has 0 aliphatic rings. The Kier molecular flexibility index (Phi) is 5.24. The molecular weight excluding hydrogens is 395 g/mol. The van der Waals surface area contributed by atoms with Gasteiger partial charge in [0.2, 0.25) is 0 Å². The van der Waals surface area contributed by atoms with E-state index in [1.54, 1.807) is 30.5 Å². The maximum Gasteiger partial charge on any atom is 0.339 e. The molecule has 2 heterocycles. The van der Waals surface area contributed by atoms with Crippen LogP contribution in [0.3, 0.4) is 0 Å². The summed E-state index contributed by atoms with van der Waals surface area (Å²) in [7, 11) is 0. The molecule has 0 aliphatic carbocycles. The second kappa shape index (κ2) is 7.97. The summed E-state index contributed by atoms with van der Waals surface area (Å²) in [6.45, 7) is -0.0209. The molecule has 0 unspecified atom stereocenters. The number of fused-ring (bicyclic) bond motifs is 1. The van der Waals surface area contributed by atoms with E-state index < -0.39 is 5.97 Å².